The number of rotatable bonds is 48. The first-order valence-corrected chi connectivity index (χ1v) is 35.1. The Bertz CT molecular complexity index is 2620. The van der Waals surface area contributed by atoms with Crippen molar-refractivity contribution in [3.63, 3.8) is 0 Å². The number of hydrogen-bond donors (Lipinski definition) is 4. The molecular weight excluding hydrogens is 1410 g/mol. The first-order valence-electron chi connectivity index (χ1n) is 35.1. The van der Waals surface area contributed by atoms with Crippen molar-refractivity contribution in [2.24, 2.45) is 29.1 Å². The van der Waals surface area contributed by atoms with Crippen LogP contribution in [0, 0.1) is 29.1 Å². The molecule has 0 aromatic carbocycles. The van der Waals surface area contributed by atoms with Gasteiger partial charge in [0.05, 0.1) is 39.6 Å². The Kier molecular flexibility index (Phi) is 42.1. The number of carbonyl (C=O) groups excluding carboxylic acids is 15. The zero-order valence-electron chi connectivity index (χ0n) is 63.0. The minimum atomic E-state index is -1.18. The van der Waals surface area contributed by atoms with Crippen LogP contribution in [-0.4, -0.2) is 268 Å². The van der Waals surface area contributed by atoms with Crippen molar-refractivity contribution in [1.82, 2.24) is 21.3 Å². The van der Waals surface area contributed by atoms with Gasteiger partial charge in [0.25, 0.3) is 0 Å². The molecule has 106 heavy (non-hydrogen) atoms. The summed E-state index contributed by atoms with van der Waals surface area (Å²) in [7, 11) is 0. The Hall–Kier alpha value is -7.91. The van der Waals surface area contributed by atoms with Gasteiger partial charge < -0.3 is 107 Å². The second-order valence-corrected chi connectivity index (χ2v) is 26.1. The van der Waals surface area contributed by atoms with Crippen molar-refractivity contribution in [2.75, 3.05) is 105 Å². The zero-order valence-corrected chi connectivity index (χ0v) is 63.0. The maximum Gasteiger partial charge on any atom is 0.303 e. The van der Waals surface area contributed by atoms with Crippen LogP contribution in [0.2, 0.25) is 0 Å². The molecule has 0 bridgehead atoms. The SMILES string of the molecule is CC(=O)OCC1OC(OCC(=O)CCCNC(=O)CCOCC(COCCC(=O)CCCNC(=O)COC2OC(COC(C)=O)C(OC(C)=O)C(OC(C)=O)C2C)(COCCC(=O)NCCNC(=O)COC2OC(COC(C)=O)C(OC(C)=O)C(OC(C)=O)C2C)C(C)C)C(C)C(OC(C)=O)C1OC(C)=O. The molecule has 3 aliphatic heterocycles. The molecule has 3 heterocycles. The van der Waals surface area contributed by atoms with E-state index < -0.39 is 188 Å². The maximum atomic E-state index is 13.1. The summed E-state index contributed by atoms with van der Waals surface area (Å²) in [5.41, 5.74) is -0.892. The van der Waals surface area contributed by atoms with E-state index in [1.54, 1.807) is 20.8 Å². The van der Waals surface area contributed by atoms with Gasteiger partial charge in [0.1, 0.15) is 82.0 Å². The van der Waals surface area contributed by atoms with Crippen LogP contribution in [0.25, 0.3) is 0 Å². The Morgan fingerprint density at radius 2 is 0.623 bits per heavy atom. The molecule has 3 aliphatic rings. The van der Waals surface area contributed by atoms with Crippen molar-refractivity contribution >= 4 is 88.9 Å². The van der Waals surface area contributed by atoms with Crippen LogP contribution < -0.4 is 21.3 Å². The third-order valence-corrected chi connectivity index (χ3v) is 16.7. The highest BCUT2D eigenvalue weighted by Gasteiger charge is 2.52. The van der Waals surface area contributed by atoms with E-state index in [-0.39, 0.29) is 154 Å². The van der Waals surface area contributed by atoms with E-state index in [9.17, 15) is 71.9 Å². The first kappa shape index (κ1) is 92.3. The van der Waals surface area contributed by atoms with Gasteiger partial charge in [0, 0.05) is 144 Å². The van der Waals surface area contributed by atoms with Crippen LogP contribution >= 0.6 is 0 Å². The van der Waals surface area contributed by atoms with Gasteiger partial charge in [-0.15, -0.1) is 0 Å². The zero-order chi connectivity index (χ0) is 79.2. The molecule has 3 fully saturated rings. The second-order valence-electron chi connectivity index (χ2n) is 26.1. The quantitative estimate of drug-likeness (QED) is 0.0364. The molecule has 0 spiro atoms. The monoisotopic (exact) mass is 1520 g/mol. The summed E-state index contributed by atoms with van der Waals surface area (Å²) in [4.78, 5) is 185. The standard InChI is InChI=1S/C69H108N4O33/c1-38(2)69(35-89-26-19-51(83)17-15-23-71-58(87)33-96-67-40(4)61(99-46(10)78)64(102-49(13)81)54(105-67)31-93-43(7)75,36-90-27-20-56(85)70-22-16-18-52(84)29-95-66-39(3)60(98-45(9)77)63(101-48(12)80)53(104-66)30-92-42(6)74)37-91-28-21-57(86)72-24-25-73-59(88)34-97-68-41(5)62(100-47(11)79)65(103-50(14)82)55(106-68)32-94-44(8)76/h38-41,53-55,60-68H,15-37H2,1-14H3,(H,70,85)(H,71,87)(H,72,86)(H,73,88). The minimum absolute atomic E-state index is 0.000398. The smallest absolute Gasteiger partial charge is 0.303 e. The molecule has 0 saturated carbocycles. The summed E-state index contributed by atoms with van der Waals surface area (Å²) in [5.74, 6) is -11.1. The van der Waals surface area contributed by atoms with Crippen LogP contribution in [0.4, 0.5) is 0 Å². The van der Waals surface area contributed by atoms with Crippen molar-refractivity contribution in [3.05, 3.63) is 0 Å². The second kappa shape index (κ2) is 48.4. The lowest BCUT2D eigenvalue weighted by Gasteiger charge is -2.43. The summed E-state index contributed by atoms with van der Waals surface area (Å²) in [6.45, 7) is 16.5. The van der Waals surface area contributed by atoms with Crippen LogP contribution in [0.3, 0.4) is 0 Å². The first-order chi connectivity index (χ1) is 50.0. The molecule has 0 aliphatic carbocycles. The van der Waals surface area contributed by atoms with E-state index in [0.717, 1.165) is 41.5 Å². The molecule has 16 atom stereocenters. The largest absolute Gasteiger partial charge is 0.463 e. The normalized spacial score (nSPS) is 24.6. The molecule has 602 valence electrons. The van der Waals surface area contributed by atoms with Gasteiger partial charge in [-0.25, -0.2) is 0 Å². The fourth-order valence-electron chi connectivity index (χ4n) is 11.2. The van der Waals surface area contributed by atoms with Gasteiger partial charge in [-0.1, -0.05) is 34.6 Å². The van der Waals surface area contributed by atoms with Crippen molar-refractivity contribution in [2.45, 2.75) is 216 Å². The number of hydrogen-bond acceptors (Lipinski definition) is 33. The predicted octanol–water partition coefficient (Wildman–Crippen LogP) is 0.425. The Morgan fingerprint density at radius 3 is 0.943 bits per heavy atom. The minimum Gasteiger partial charge on any atom is -0.463 e. The number of ether oxygens (including phenoxy) is 18. The number of nitrogens with one attached hydrogen (secondary N) is 4. The predicted molar refractivity (Wildman–Crippen MR) is 359 cm³/mol. The molecule has 37 heteroatoms. The average molecular weight is 1520 g/mol. The number of carbonyl (C=O) groups is 15. The lowest BCUT2D eigenvalue weighted by molar-refractivity contribution is -0.287. The van der Waals surface area contributed by atoms with E-state index >= 15 is 0 Å². The van der Waals surface area contributed by atoms with E-state index in [2.05, 4.69) is 21.3 Å². The van der Waals surface area contributed by atoms with E-state index in [1.807, 2.05) is 13.8 Å². The van der Waals surface area contributed by atoms with E-state index in [1.165, 1.54) is 20.8 Å². The summed E-state index contributed by atoms with van der Waals surface area (Å²) in [6.07, 6.45) is -13.2. The van der Waals surface area contributed by atoms with Crippen LogP contribution in [0.1, 0.15) is 142 Å². The molecule has 3 rings (SSSR count). The van der Waals surface area contributed by atoms with Gasteiger partial charge in [0.15, 0.2) is 43.0 Å². The summed E-state index contributed by atoms with van der Waals surface area (Å²) in [6, 6.07) is 0. The molecule has 37 nitrogen and oxygen atoms in total. The molecule has 16 unspecified atom stereocenters. The molecule has 3 saturated heterocycles. The Labute approximate surface area is 615 Å². The van der Waals surface area contributed by atoms with E-state index in [4.69, 9.17) is 85.3 Å². The van der Waals surface area contributed by atoms with Crippen LogP contribution in [0.15, 0.2) is 0 Å². The third kappa shape index (κ3) is 35.2. The van der Waals surface area contributed by atoms with E-state index in [0.29, 0.717) is 0 Å². The third-order valence-electron chi connectivity index (χ3n) is 16.7. The fourth-order valence-corrected chi connectivity index (χ4v) is 11.2. The highest BCUT2D eigenvalue weighted by Crippen LogP contribution is 2.35. The fraction of sp³-hybridized carbons (Fsp3) is 0.783. The van der Waals surface area contributed by atoms with Gasteiger partial charge in [-0.2, -0.15) is 0 Å². The Balaban J connectivity index is 1.56. The van der Waals surface area contributed by atoms with Crippen LogP contribution in [-0.2, 0) is 157 Å². The van der Waals surface area contributed by atoms with Gasteiger partial charge in [-0.05, 0) is 18.8 Å². The van der Waals surface area contributed by atoms with Gasteiger partial charge in [0.2, 0.25) is 23.6 Å². The van der Waals surface area contributed by atoms with Crippen molar-refractivity contribution < 1.29 is 157 Å². The van der Waals surface area contributed by atoms with Gasteiger partial charge >= 0.3 is 53.7 Å². The lowest BCUT2D eigenvalue weighted by atomic mass is 9.79. The van der Waals surface area contributed by atoms with Gasteiger partial charge in [-0.3, -0.25) is 71.9 Å². The average Bonchev–Trinajstić information content (AvgIpc) is 0.807. The number of ketones is 2. The van der Waals surface area contributed by atoms with Crippen molar-refractivity contribution in [1.29, 1.82) is 0 Å². The Morgan fingerprint density at radius 1 is 0.340 bits per heavy atom. The number of amides is 4. The lowest BCUT2D eigenvalue weighted by Crippen LogP contribution is -2.58. The number of Topliss-reactive ketones (excluding diaryl/α,β-unsaturated/α-hetero) is 2. The topological polar surface area (TPSA) is 470 Å². The van der Waals surface area contributed by atoms with Crippen LogP contribution in [0.5, 0.6) is 0 Å². The molecule has 4 N–H and O–H groups in total. The molecule has 0 radical (unpaired) electrons. The summed E-state index contributed by atoms with van der Waals surface area (Å²) < 4.78 is 101. The summed E-state index contributed by atoms with van der Waals surface area (Å²) in [5, 5.41) is 10.7. The molecule has 0 aromatic heterocycles. The highest BCUT2D eigenvalue weighted by molar-refractivity contribution is 5.81. The summed E-state index contributed by atoms with van der Waals surface area (Å²) >= 11 is 0. The number of esters is 9. The maximum absolute atomic E-state index is 13.1. The molecular formula is C69H108N4O33. The highest BCUT2D eigenvalue weighted by atomic mass is 16.7. The molecule has 4 amide bonds. The molecule has 0 aromatic rings. The van der Waals surface area contributed by atoms with Crippen molar-refractivity contribution in [3.8, 4) is 0 Å².